The van der Waals surface area contributed by atoms with Gasteiger partial charge in [0, 0.05) is 26.2 Å². The van der Waals surface area contributed by atoms with Crippen molar-refractivity contribution in [3.05, 3.63) is 0 Å². The van der Waals surface area contributed by atoms with Gasteiger partial charge in [-0.1, -0.05) is 13.8 Å². The molecule has 0 saturated heterocycles. The first kappa shape index (κ1) is 16.4. The van der Waals surface area contributed by atoms with E-state index in [9.17, 15) is 9.90 Å². The fraction of sp³-hybridized carbons (Fsp3) is 0.917. The number of carbonyl (C=O) groups is 1. The summed E-state index contributed by atoms with van der Waals surface area (Å²) < 4.78 is 0. The molecule has 0 aliphatic rings. The molecule has 0 aromatic rings. The van der Waals surface area contributed by atoms with Gasteiger partial charge in [0.05, 0.1) is 0 Å². The zero-order chi connectivity index (χ0) is 13.6. The highest BCUT2D eigenvalue weighted by Gasteiger charge is 2.32. The number of aliphatic carboxylic acids is 1. The third kappa shape index (κ3) is 7.31. The molecule has 0 saturated carbocycles. The van der Waals surface area contributed by atoms with Crippen LogP contribution < -0.4 is 0 Å². The first-order chi connectivity index (χ1) is 7.65. The van der Waals surface area contributed by atoms with Crippen molar-refractivity contribution in [2.75, 3.05) is 40.3 Å². The third-order valence-corrected chi connectivity index (χ3v) is 2.48. The van der Waals surface area contributed by atoms with Gasteiger partial charge in [-0.05, 0) is 26.9 Å². The summed E-state index contributed by atoms with van der Waals surface area (Å²) in [5, 5.41) is 18.7. The Morgan fingerprint density at radius 3 is 2.18 bits per heavy atom. The molecular formula is C12H26N2O3. The van der Waals surface area contributed by atoms with Gasteiger partial charge >= 0.3 is 5.97 Å². The van der Waals surface area contributed by atoms with Gasteiger partial charge in [-0.3, -0.25) is 4.90 Å². The third-order valence-electron chi connectivity index (χ3n) is 2.48. The summed E-state index contributed by atoms with van der Waals surface area (Å²) in [4.78, 5) is 14.9. The van der Waals surface area contributed by atoms with E-state index in [-0.39, 0.29) is 6.54 Å². The molecule has 17 heavy (non-hydrogen) atoms. The predicted molar refractivity (Wildman–Crippen MR) is 68.1 cm³/mol. The van der Waals surface area contributed by atoms with E-state index in [0.717, 1.165) is 19.6 Å². The number of nitrogens with zero attached hydrogens (tertiary/aromatic N) is 2. The lowest BCUT2D eigenvalue weighted by atomic mass is 10.1. The van der Waals surface area contributed by atoms with Crippen LogP contribution in [0.4, 0.5) is 0 Å². The lowest BCUT2D eigenvalue weighted by Gasteiger charge is -2.30. The minimum absolute atomic E-state index is 0.161. The molecule has 0 aliphatic carbocycles. The van der Waals surface area contributed by atoms with E-state index in [1.54, 1.807) is 0 Å². The van der Waals surface area contributed by atoms with Crippen molar-refractivity contribution in [3.63, 3.8) is 0 Å². The Kier molecular flexibility index (Phi) is 6.67. The number of likely N-dealkylation sites (N-methyl/N-ethyl adjacent to an activating group) is 1. The molecule has 5 nitrogen and oxygen atoms in total. The van der Waals surface area contributed by atoms with Gasteiger partial charge in [-0.2, -0.15) is 0 Å². The normalized spacial score (nSPS) is 15.6. The van der Waals surface area contributed by atoms with Gasteiger partial charge in [0.25, 0.3) is 0 Å². The second kappa shape index (κ2) is 6.93. The smallest absolute Gasteiger partial charge is 0.336 e. The lowest BCUT2D eigenvalue weighted by Crippen LogP contribution is -2.49. The van der Waals surface area contributed by atoms with Gasteiger partial charge in [0.15, 0.2) is 5.60 Å². The molecule has 102 valence electrons. The molecule has 0 aromatic carbocycles. The minimum atomic E-state index is -1.68. The molecule has 0 bridgehead atoms. The van der Waals surface area contributed by atoms with Crippen molar-refractivity contribution in [2.45, 2.75) is 26.4 Å². The second-order valence-corrected chi connectivity index (χ2v) is 5.51. The summed E-state index contributed by atoms with van der Waals surface area (Å²) in [6.07, 6.45) is 0. The molecule has 0 rings (SSSR count). The van der Waals surface area contributed by atoms with Gasteiger partial charge in [-0.25, -0.2) is 4.79 Å². The monoisotopic (exact) mass is 246 g/mol. The lowest BCUT2D eigenvalue weighted by molar-refractivity contribution is -0.158. The molecule has 0 aromatic heterocycles. The number of hydrogen-bond donors (Lipinski definition) is 2. The van der Waals surface area contributed by atoms with Gasteiger partial charge in [-0.15, -0.1) is 0 Å². The molecule has 1 atom stereocenters. The number of aliphatic hydroxyl groups is 1. The topological polar surface area (TPSA) is 64.0 Å². The summed E-state index contributed by atoms with van der Waals surface area (Å²) in [5.41, 5.74) is -1.68. The summed E-state index contributed by atoms with van der Waals surface area (Å²) in [6, 6.07) is 0. The maximum atomic E-state index is 10.9. The highest BCUT2D eigenvalue weighted by Crippen LogP contribution is 2.09. The molecule has 0 spiro atoms. The van der Waals surface area contributed by atoms with Gasteiger partial charge in [0.2, 0.25) is 0 Å². The van der Waals surface area contributed by atoms with Crippen LogP contribution in [0.1, 0.15) is 20.8 Å². The van der Waals surface area contributed by atoms with Crippen LogP contribution in [-0.4, -0.2) is 71.9 Å². The van der Waals surface area contributed by atoms with E-state index in [1.807, 2.05) is 23.9 Å². The van der Waals surface area contributed by atoms with Crippen LogP contribution in [0.15, 0.2) is 0 Å². The molecule has 0 aliphatic heterocycles. The van der Waals surface area contributed by atoms with E-state index < -0.39 is 11.6 Å². The Balaban J connectivity index is 4.42. The summed E-state index contributed by atoms with van der Waals surface area (Å²) in [5.74, 6) is -0.724. The molecule has 0 radical (unpaired) electrons. The van der Waals surface area contributed by atoms with E-state index in [1.165, 1.54) is 6.92 Å². The van der Waals surface area contributed by atoms with Crippen molar-refractivity contribution < 1.29 is 15.0 Å². The van der Waals surface area contributed by atoms with E-state index in [4.69, 9.17) is 5.11 Å². The second-order valence-electron chi connectivity index (χ2n) is 5.51. The van der Waals surface area contributed by atoms with Gasteiger partial charge < -0.3 is 15.1 Å². The first-order valence-electron chi connectivity index (χ1n) is 5.98. The number of carboxylic acids is 1. The predicted octanol–water partition coefficient (Wildman–Crippen LogP) is 0.342. The average molecular weight is 246 g/mol. The largest absolute Gasteiger partial charge is 0.479 e. The molecule has 5 heteroatoms. The Bertz CT molecular complexity index is 240. The molecule has 2 N–H and O–H groups in total. The summed E-state index contributed by atoms with van der Waals surface area (Å²) in [6.45, 7) is 8.07. The van der Waals surface area contributed by atoms with Crippen LogP contribution in [0.3, 0.4) is 0 Å². The molecule has 1 unspecified atom stereocenters. The highest BCUT2D eigenvalue weighted by molar-refractivity contribution is 5.76. The van der Waals surface area contributed by atoms with Crippen LogP contribution >= 0.6 is 0 Å². The standard InChI is InChI=1S/C12H26N2O3/c1-10(2)8-14(7-6-13(4)5)9-12(3,17)11(15)16/h10,17H,6-9H2,1-5H3,(H,15,16). The quantitative estimate of drug-likeness (QED) is 0.646. The molecule has 0 fully saturated rings. The van der Waals surface area contributed by atoms with Gasteiger partial charge in [0.1, 0.15) is 0 Å². The fourth-order valence-corrected chi connectivity index (χ4v) is 1.60. The number of carboxylic acid groups (broad SMARTS) is 1. The highest BCUT2D eigenvalue weighted by atomic mass is 16.4. The zero-order valence-electron chi connectivity index (χ0n) is 11.6. The van der Waals surface area contributed by atoms with E-state index in [0.29, 0.717) is 5.92 Å². The Labute approximate surface area is 104 Å². The van der Waals surface area contributed by atoms with Crippen LogP contribution in [0.2, 0.25) is 0 Å². The summed E-state index contributed by atoms with van der Waals surface area (Å²) in [7, 11) is 3.95. The SMILES string of the molecule is CC(C)CN(CCN(C)C)CC(C)(O)C(=O)O. The van der Waals surface area contributed by atoms with E-state index in [2.05, 4.69) is 13.8 Å². The van der Waals surface area contributed by atoms with Crippen LogP contribution in [0.25, 0.3) is 0 Å². The van der Waals surface area contributed by atoms with E-state index >= 15 is 0 Å². The molecular weight excluding hydrogens is 220 g/mol. The maximum Gasteiger partial charge on any atom is 0.336 e. The number of rotatable bonds is 8. The van der Waals surface area contributed by atoms with Crippen LogP contribution in [0, 0.1) is 5.92 Å². The van der Waals surface area contributed by atoms with Crippen molar-refractivity contribution in [3.8, 4) is 0 Å². The Morgan fingerprint density at radius 1 is 1.29 bits per heavy atom. The molecule has 0 heterocycles. The average Bonchev–Trinajstić information content (AvgIpc) is 2.12. The van der Waals surface area contributed by atoms with Crippen molar-refractivity contribution >= 4 is 5.97 Å². The number of hydrogen-bond acceptors (Lipinski definition) is 4. The maximum absolute atomic E-state index is 10.9. The van der Waals surface area contributed by atoms with Crippen molar-refractivity contribution in [1.82, 2.24) is 9.80 Å². The first-order valence-corrected chi connectivity index (χ1v) is 5.98. The van der Waals surface area contributed by atoms with Crippen molar-refractivity contribution in [1.29, 1.82) is 0 Å². The van der Waals surface area contributed by atoms with Crippen molar-refractivity contribution in [2.24, 2.45) is 5.92 Å². The van der Waals surface area contributed by atoms with Crippen LogP contribution in [-0.2, 0) is 4.79 Å². The fourth-order valence-electron chi connectivity index (χ4n) is 1.60. The molecule has 0 amide bonds. The van der Waals surface area contributed by atoms with Crippen LogP contribution in [0.5, 0.6) is 0 Å². The Hall–Kier alpha value is -0.650. The zero-order valence-corrected chi connectivity index (χ0v) is 11.6. The summed E-state index contributed by atoms with van der Waals surface area (Å²) >= 11 is 0. The Morgan fingerprint density at radius 2 is 1.82 bits per heavy atom. The minimum Gasteiger partial charge on any atom is -0.479 e.